The summed E-state index contributed by atoms with van der Waals surface area (Å²) in [5.74, 6) is 1.43. The molecule has 3 rings (SSSR count). The van der Waals surface area contributed by atoms with Crippen molar-refractivity contribution < 1.29 is 19.0 Å². The Bertz CT molecular complexity index is 954. The van der Waals surface area contributed by atoms with Gasteiger partial charge in [0, 0.05) is 36.3 Å². The third-order valence-electron chi connectivity index (χ3n) is 5.10. The molecule has 1 fully saturated rings. The molecule has 0 N–H and O–H groups in total. The number of pyridine rings is 1. The van der Waals surface area contributed by atoms with Gasteiger partial charge in [-0.05, 0) is 51.8 Å². The lowest BCUT2D eigenvalue weighted by Gasteiger charge is -2.33. The van der Waals surface area contributed by atoms with Crippen molar-refractivity contribution in [1.29, 1.82) is 5.26 Å². The van der Waals surface area contributed by atoms with Gasteiger partial charge in [0.1, 0.15) is 18.0 Å². The van der Waals surface area contributed by atoms with E-state index in [9.17, 15) is 4.79 Å². The van der Waals surface area contributed by atoms with Crippen molar-refractivity contribution in [3.8, 4) is 17.7 Å². The molecule has 0 unspecified atom stereocenters. The number of hydrogen-bond donors (Lipinski definition) is 0. The van der Waals surface area contributed by atoms with E-state index in [-0.39, 0.29) is 12.0 Å². The van der Waals surface area contributed by atoms with Crippen LogP contribution in [0.15, 0.2) is 36.4 Å². The first-order valence-corrected chi connectivity index (χ1v) is 10.4. The molecule has 0 spiro atoms. The van der Waals surface area contributed by atoms with E-state index in [4.69, 9.17) is 19.5 Å². The van der Waals surface area contributed by atoms with Crippen LogP contribution in [0.4, 0.5) is 4.79 Å². The second-order valence-corrected chi connectivity index (χ2v) is 8.57. The lowest BCUT2D eigenvalue weighted by molar-refractivity contribution is 0.0204. The molecule has 164 valence electrons. The van der Waals surface area contributed by atoms with Crippen LogP contribution in [0.2, 0.25) is 0 Å². The van der Waals surface area contributed by atoms with Crippen LogP contribution in [0.25, 0.3) is 0 Å². The van der Waals surface area contributed by atoms with Crippen molar-refractivity contribution in [2.24, 2.45) is 0 Å². The predicted octanol–water partition coefficient (Wildman–Crippen LogP) is 4.66. The number of likely N-dealkylation sites (tertiary alicyclic amines) is 1. The van der Waals surface area contributed by atoms with Crippen LogP contribution in [0.1, 0.15) is 56.4 Å². The lowest BCUT2D eigenvalue weighted by Crippen LogP contribution is -2.41. The minimum absolute atomic E-state index is 0.257. The molecule has 7 heteroatoms. The van der Waals surface area contributed by atoms with Crippen molar-refractivity contribution in [1.82, 2.24) is 9.88 Å². The number of benzene rings is 1. The highest BCUT2D eigenvalue weighted by molar-refractivity contribution is 5.68. The van der Waals surface area contributed by atoms with Crippen LogP contribution in [0, 0.1) is 11.3 Å². The monoisotopic (exact) mass is 423 g/mol. The van der Waals surface area contributed by atoms with E-state index in [0.717, 1.165) is 24.1 Å². The molecule has 1 amide bonds. The molecule has 2 aromatic rings. The molecule has 1 saturated heterocycles. The zero-order valence-corrected chi connectivity index (χ0v) is 18.6. The molecular weight excluding hydrogens is 394 g/mol. The summed E-state index contributed by atoms with van der Waals surface area (Å²) in [6.07, 6.45) is 1.41. The van der Waals surface area contributed by atoms with E-state index in [1.165, 1.54) is 0 Å². The number of hydrogen-bond acceptors (Lipinski definition) is 6. The van der Waals surface area contributed by atoms with Crippen LogP contribution in [0.3, 0.4) is 0 Å². The third-order valence-corrected chi connectivity index (χ3v) is 5.10. The minimum atomic E-state index is -0.487. The van der Waals surface area contributed by atoms with Gasteiger partial charge in [0.15, 0.2) is 0 Å². The first-order valence-electron chi connectivity index (χ1n) is 10.4. The summed E-state index contributed by atoms with van der Waals surface area (Å²) in [5, 5.41) is 9.03. The number of rotatable bonds is 5. The first-order chi connectivity index (χ1) is 14.8. The van der Waals surface area contributed by atoms with Crippen molar-refractivity contribution >= 4 is 6.09 Å². The summed E-state index contributed by atoms with van der Waals surface area (Å²) in [6.45, 7) is 7.22. The van der Waals surface area contributed by atoms with Gasteiger partial charge in [0.05, 0.1) is 18.7 Å². The number of piperidine rings is 1. The Morgan fingerprint density at radius 1 is 1.23 bits per heavy atom. The highest BCUT2D eigenvalue weighted by Gasteiger charge is 2.28. The number of aromatic nitrogens is 1. The maximum absolute atomic E-state index is 12.3. The minimum Gasteiger partial charge on any atom is -0.496 e. The van der Waals surface area contributed by atoms with E-state index in [2.05, 4.69) is 11.1 Å². The highest BCUT2D eigenvalue weighted by atomic mass is 16.6. The molecule has 1 aliphatic rings. The van der Waals surface area contributed by atoms with Gasteiger partial charge in [-0.1, -0.05) is 12.1 Å². The van der Waals surface area contributed by atoms with Crippen LogP contribution in [0.5, 0.6) is 11.6 Å². The topological polar surface area (TPSA) is 84.7 Å². The quantitative estimate of drug-likeness (QED) is 0.696. The smallest absolute Gasteiger partial charge is 0.410 e. The number of carbonyl (C=O) groups is 1. The molecule has 0 radical (unpaired) electrons. The van der Waals surface area contributed by atoms with Gasteiger partial charge in [-0.2, -0.15) is 5.26 Å². The number of nitriles is 1. The van der Waals surface area contributed by atoms with Gasteiger partial charge < -0.3 is 19.1 Å². The van der Waals surface area contributed by atoms with Gasteiger partial charge in [-0.3, -0.25) is 0 Å². The average Bonchev–Trinajstić information content (AvgIpc) is 2.76. The Labute approximate surface area is 183 Å². The number of ether oxygens (including phenoxy) is 3. The van der Waals surface area contributed by atoms with Crippen molar-refractivity contribution in [2.75, 3.05) is 20.2 Å². The SMILES string of the molecule is COc1cc(C#N)ccc1COc1cccc(C2CCN(C(=O)OC(C)(C)C)CC2)n1. The number of amides is 1. The molecule has 0 bridgehead atoms. The zero-order valence-electron chi connectivity index (χ0n) is 18.6. The predicted molar refractivity (Wildman–Crippen MR) is 116 cm³/mol. The highest BCUT2D eigenvalue weighted by Crippen LogP contribution is 2.29. The van der Waals surface area contributed by atoms with Gasteiger partial charge in [0.25, 0.3) is 0 Å². The van der Waals surface area contributed by atoms with E-state index in [0.29, 0.717) is 36.9 Å². The van der Waals surface area contributed by atoms with E-state index in [1.807, 2.05) is 45.0 Å². The van der Waals surface area contributed by atoms with Crippen LogP contribution >= 0.6 is 0 Å². The Morgan fingerprint density at radius 3 is 2.61 bits per heavy atom. The summed E-state index contributed by atoms with van der Waals surface area (Å²) in [5.41, 5.74) is 1.87. The standard InChI is InChI=1S/C24H29N3O4/c1-24(2,3)31-23(28)27-12-10-18(11-13-27)20-6-5-7-22(26-20)30-16-19-9-8-17(15-25)14-21(19)29-4/h5-9,14,18H,10-13,16H2,1-4H3. The maximum Gasteiger partial charge on any atom is 0.410 e. The lowest BCUT2D eigenvalue weighted by atomic mass is 9.93. The van der Waals surface area contributed by atoms with E-state index in [1.54, 1.807) is 24.1 Å². The fraction of sp³-hybridized carbons (Fsp3) is 0.458. The first kappa shape index (κ1) is 22.4. The second-order valence-electron chi connectivity index (χ2n) is 8.57. The Kier molecular flexibility index (Phi) is 7.01. The van der Waals surface area contributed by atoms with Gasteiger partial charge in [-0.25, -0.2) is 9.78 Å². The van der Waals surface area contributed by atoms with E-state index >= 15 is 0 Å². The summed E-state index contributed by atoms with van der Waals surface area (Å²) < 4.78 is 16.7. The van der Waals surface area contributed by atoms with Crippen LogP contribution < -0.4 is 9.47 Å². The second kappa shape index (κ2) is 9.69. The summed E-state index contributed by atoms with van der Waals surface area (Å²) in [6, 6.07) is 13.1. The maximum atomic E-state index is 12.3. The Morgan fingerprint density at radius 2 is 1.97 bits per heavy atom. The fourth-order valence-corrected chi connectivity index (χ4v) is 3.51. The zero-order chi connectivity index (χ0) is 22.4. The molecule has 0 atom stereocenters. The largest absolute Gasteiger partial charge is 0.496 e. The molecule has 2 heterocycles. The third kappa shape index (κ3) is 6.11. The molecule has 0 aliphatic carbocycles. The summed E-state index contributed by atoms with van der Waals surface area (Å²) in [7, 11) is 1.57. The van der Waals surface area contributed by atoms with Crippen LogP contribution in [-0.4, -0.2) is 41.8 Å². The average molecular weight is 424 g/mol. The van der Waals surface area contributed by atoms with Gasteiger partial charge >= 0.3 is 6.09 Å². The molecule has 7 nitrogen and oxygen atoms in total. The normalized spacial score (nSPS) is 14.6. The molecule has 1 aliphatic heterocycles. The van der Waals surface area contributed by atoms with Crippen molar-refractivity contribution in [3.63, 3.8) is 0 Å². The molecular formula is C24H29N3O4. The van der Waals surface area contributed by atoms with Crippen LogP contribution in [-0.2, 0) is 11.3 Å². The fourth-order valence-electron chi connectivity index (χ4n) is 3.51. The Hall–Kier alpha value is -3.27. The number of nitrogens with zero attached hydrogens (tertiary/aromatic N) is 3. The molecule has 31 heavy (non-hydrogen) atoms. The molecule has 1 aromatic carbocycles. The number of carbonyl (C=O) groups excluding carboxylic acids is 1. The van der Waals surface area contributed by atoms with Gasteiger partial charge in [0.2, 0.25) is 5.88 Å². The summed E-state index contributed by atoms with van der Waals surface area (Å²) in [4.78, 5) is 18.7. The molecule has 0 saturated carbocycles. The van der Waals surface area contributed by atoms with Crippen molar-refractivity contribution in [2.45, 2.75) is 51.7 Å². The van der Waals surface area contributed by atoms with Crippen molar-refractivity contribution in [3.05, 3.63) is 53.2 Å². The van der Waals surface area contributed by atoms with E-state index < -0.39 is 5.60 Å². The number of methoxy groups -OCH3 is 1. The Balaban J connectivity index is 1.59. The summed E-state index contributed by atoms with van der Waals surface area (Å²) >= 11 is 0. The van der Waals surface area contributed by atoms with Gasteiger partial charge in [-0.15, -0.1) is 0 Å². The molecule has 1 aromatic heterocycles.